The summed E-state index contributed by atoms with van der Waals surface area (Å²) < 4.78 is 5.13. The molecular weight excluding hydrogens is 197 g/mol. The van der Waals surface area contributed by atoms with Gasteiger partial charge < -0.3 is 19.7 Å². The molecular formula is C8H8LiNO5. The predicted octanol–water partition coefficient (Wildman–Crippen LogP) is -5.43. The molecule has 0 aromatic carbocycles. The molecule has 2 fully saturated rings. The number of rotatable bonds is 2. The van der Waals surface area contributed by atoms with Gasteiger partial charge in [-0.25, -0.2) is 0 Å². The second-order valence-electron chi connectivity index (χ2n) is 3.09. The normalized spacial score (nSPS) is 30.3. The van der Waals surface area contributed by atoms with Crippen molar-refractivity contribution in [2.45, 2.75) is 18.7 Å². The van der Waals surface area contributed by atoms with Crippen LogP contribution in [-0.2, 0) is 14.3 Å². The number of nitrogens with zero attached hydrogens (tertiary/aromatic N) is 1. The van der Waals surface area contributed by atoms with Gasteiger partial charge in [-0.15, -0.1) is 0 Å². The second-order valence-corrected chi connectivity index (χ2v) is 3.09. The summed E-state index contributed by atoms with van der Waals surface area (Å²) in [4.78, 5) is 22.9. The molecule has 0 unspecified atom stereocenters. The molecule has 0 spiro atoms. The van der Waals surface area contributed by atoms with Gasteiger partial charge in [0.2, 0.25) is 5.91 Å². The topological polar surface area (TPSA) is 89.9 Å². The molecule has 0 aromatic heterocycles. The third-order valence-corrected chi connectivity index (χ3v) is 2.28. The first-order valence-corrected chi connectivity index (χ1v) is 4.14. The first-order valence-electron chi connectivity index (χ1n) is 4.14. The van der Waals surface area contributed by atoms with Gasteiger partial charge in [0.25, 0.3) is 0 Å². The summed E-state index contributed by atoms with van der Waals surface area (Å²) in [5.41, 5.74) is 0. The average molecular weight is 205 g/mol. The van der Waals surface area contributed by atoms with Crippen molar-refractivity contribution in [2.24, 2.45) is 0 Å². The molecule has 6 nitrogen and oxygen atoms in total. The Hall–Kier alpha value is -0.963. The molecule has 2 saturated heterocycles. The molecule has 0 saturated carbocycles. The van der Waals surface area contributed by atoms with Crippen molar-refractivity contribution in [2.75, 3.05) is 6.61 Å². The number of amides is 1. The number of carboxylic acids is 1. The number of hydrogen-bond acceptors (Lipinski definition) is 5. The van der Waals surface area contributed by atoms with Gasteiger partial charge in [0.05, 0.1) is 19.0 Å². The Bertz CT molecular complexity index is 329. The van der Waals surface area contributed by atoms with E-state index in [0.717, 1.165) is 4.90 Å². The molecule has 0 radical (unpaired) electrons. The molecule has 76 valence electrons. The number of aliphatic carboxylic acids is 1. The minimum Gasteiger partial charge on any atom is -0.547 e. The number of carbonyl (C=O) groups excluding carboxylic acids is 2. The second kappa shape index (κ2) is 4.27. The van der Waals surface area contributed by atoms with Crippen molar-refractivity contribution in [3.05, 3.63) is 11.8 Å². The van der Waals surface area contributed by atoms with E-state index in [4.69, 9.17) is 9.84 Å². The van der Waals surface area contributed by atoms with Crippen molar-refractivity contribution in [3.8, 4) is 0 Å². The van der Waals surface area contributed by atoms with Crippen molar-refractivity contribution in [1.29, 1.82) is 0 Å². The Morgan fingerprint density at radius 3 is 2.87 bits per heavy atom. The number of carboxylic acid groups (broad SMARTS) is 1. The standard InChI is InChI=1S/C8H9NO5.Li/c10-2-1-4-7(8(12)13)9-5(11)3-6(9)14-4;/h1,6-7,10H,2-3H2,(H,12,13);/q;+1/p-1/t6-,7-;/m1./s1. The van der Waals surface area contributed by atoms with E-state index < -0.39 is 18.2 Å². The smallest absolute Gasteiger partial charge is 0.547 e. The molecule has 2 aliphatic rings. The third-order valence-electron chi connectivity index (χ3n) is 2.28. The molecule has 1 amide bonds. The predicted molar refractivity (Wildman–Crippen MR) is 40.3 cm³/mol. The van der Waals surface area contributed by atoms with Crippen LogP contribution in [0.4, 0.5) is 0 Å². The van der Waals surface area contributed by atoms with E-state index in [0.29, 0.717) is 0 Å². The Morgan fingerprint density at radius 1 is 1.73 bits per heavy atom. The van der Waals surface area contributed by atoms with Gasteiger partial charge in [0, 0.05) is 0 Å². The molecule has 1 N–H and O–H groups in total. The molecule has 2 atom stereocenters. The van der Waals surface area contributed by atoms with Crippen LogP contribution in [0, 0.1) is 0 Å². The largest absolute Gasteiger partial charge is 1.00 e. The minimum absolute atomic E-state index is 0. The number of β-lactam (4-membered cyclic amide) rings is 1. The van der Waals surface area contributed by atoms with Crippen LogP contribution in [0.5, 0.6) is 0 Å². The van der Waals surface area contributed by atoms with Crippen LogP contribution < -0.4 is 24.0 Å². The zero-order valence-electron chi connectivity index (χ0n) is 8.17. The summed E-state index contributed by atoms with van der Waals surface area (Å²) in [5, 5.41) is 19.3. The van der Waals surface area contributed by atoms with Gasteiger partial charge in [0.15, 0.2) is 6.23 Å². The van der Waals surface area contributed by atoms with Crippen molar-refractivity contribution in [3.63, 3.8) is 0 Å². The quantitative estimate of drug-likeness (QED) is 0.359. The third kappa shape index (κ3) is 1.76. The number of fused-ring (bicyclic) bond motifs is 1. The van der Waals surface area contributed by atoms with Crippen LogP contribution in [0.25, 0.3) is 0 Å². The number of aliphatic hydroxyl groups excluding tert-OH is 1. The summed E-state index contributed by atoms with van der Waals surface area (Å²) in [5.74, 6) is -1.57. The van der Waals surface area contributed by atoms with Crippen molar-refractivity contribution in [1.82, 2.24) is 4.90 Å². The molecule has 2 heterocycles. The number of hydrogen-bond donors (Lipinski definition) is 1. The minimum atomic E-state index is -1.39. The maximum absolute atomic E-state index is 11.0. The van der Waals surface area contributed by atoms with Crippen LogP contribution in [0.2, 0.25) is 0 Å². The van der Waals surface area contributed by atoms with E-state index in [-0.39, 0.29) is 43.6 Å². The molecule has 2 rings (SSSR count). The van der Waals surface area contributed by atoms with E-state index in [9.17, 15) is 14.7 Å². The number of carbonyl (C=O) groups is 2. The van der Waals surface area contributed by atoms with Crippen LogP contribution in [0.15, 0.2) is 11.8 Å². The first-order chi connectivity index (χ1) is 6.65. The van der Waals surface area contributed by atoms with Crippen molar-refractivity contribution < 1.29 is 43.4 Å². The van der Waals surface area contributed by atoms with Gasteiger partial charge in [-0.05, 0) is 6.08 Å². The van der Waals surface area contributed by atoms with Crippen molar-refractivity contribution >= 4 is 11.9 Å². The summed E-state index contributed by atoms with van der Waals surface area (Å²) >= 11 is 0. The summed E-state index contributed by atoms with van der Waals surface area (Å²) in [6.45, 7) is -0.326. The van der Waals surface area contributed by atoms with Gasteiger partial charge in [-0.1, -0.05) is 0 Å². The monoisotopic (exact) mass is 205 g/mol. The molecule has 0 aliphatic carbocycles. The summed E-state index contributed by atoms with van der Waals surface area (Å²) in [6.07, 6.45) is 0.918. The van der Waals surface area contributed by atoms with Crippen LogP contribution in [-0.4, -0.2) is 40.8 Å². The maximum atomic E-state index is 11.0. The molecule has 0 bridgehead atoms. The Balaban J connectivity index is 0.00000112. The fourth-order valence-electron chi connectivity index (χ4n) is 1.65. The van der Waals surface area contributed by atoms with Gasteiger partial charge in [-0.3, -0.25) is 9.69 Å². The maximum Gasteiger partial charge on any atom is 1.00 e. The van der Waals surface area contributed by atoms with E-state index in [1.807, 2.05) is 0 Å². The Kier molecular flexibility index (Phi) is 3.45. The van der Waals surface area contributed by atoms with E-state index >= 15 is 0 Å². The zero-order chi connectivity index (χ0) is 10.3. The number of aliphatic hydroxyl groups is 1. The average Bonchev–Trinajstić information content (AvgIpc) is 2.39. The first kappa shape index (κ1) is 12.1. The van der Waals surface area contributed by atoms with Gasteiger partial charge in [-0.2, -0.15) is 0 Å². The van der Waals surface area contributed by atoms with Crippen LogP contribution >= 0.6 is 0 Å². The van der Waals surface area contributed by atoms with E-state index in [1.165, 1.54) is 6.08 Å². The summed E-state index contributed by atoms with van der Waals surface area (Å²) in [6, 6.07) is -1.17. The fourth-order valence-corrected chi connectivity index (χ4v) is 1.65. The molecule has 15 heavy (non-hydrogen) atoms. The van der Waals surface area contributed by atoms with Gasteiger partial charge in [0.1, 0.15) is 11.8 Å². The molecule has 2 aliphatic heterocycles. The van der Waals surface area contributed by atoms with Gasteiger partial charge >= 0.3 is 18.9 Å². The van der Waals surface area contributed by atoms with Crippen LogP contribution in [0.3, 0.4) is 0 Å². The molecule has 7 heteroatoms. The Labute approximate surface area is 97.7 Å². The zero-order valence-corrected chi connectivity index (χ0v) is 8.17. The Morgan fingerprint density at radius 2 is 2.40 bits per heavy atom. The summed E-state index contributed by atoms with van der Waals surface area (Å²) in [7, 11) is 0. The van der Waals surface area contributed by atoms with E-state index in [1.54, 1.807) is 0 Å². The molecule has 0 aromatic rings. The SMILES string of the molecule is O=C([O-])[C@H]1C(=CCO)O[C@@H]2CC(=O)N12.[Li+]. The van der Waals surface area contributed by atoms with Crippen LogP contribution in [0.1, 0.15) is 6.42 Å². The number of ether oxygens (including phenoxy) is 1. The fraction of sp³-hybridized carbons (Fsp3) is 0.500. The van der Waals surface area contributed by atoms with E-state index in [2.05, 4.69) is 0 Å².